The number of amides is 1. The lowest BCUT2D eigenvalue weighted by atomic mass is 10.1. The molecule has 0 aliphatic carbocycles. The zero-order valence-corrected chi connectivity index (χ0v) is 28.8. The van der Waals surface area contributed by atoms with Crippen molar-refractivity contribution in [3.63, 3.8) is 0 Å². The Morgan fingerprint density at radius 1 is 0.784 bits per heavy atom. The lowest BCUT2D eigenvalue weighted by Crippen LogP contribution is -2.35. The maximum atomic E-state index is 14.2. The summed E-state index contributed by atoms with van der Waals surface area (Å²) >= 11 is 0. The van der Waals surface area contributed by atoms with Crippen molar-refractivity contribution in [2.24, 2.45) is 4.99 Å². The van der Waals surface area contributed by atoms with Crippen LogP contribution in [0.2, 0.25) is 0 Å². The van der Waals surface area contributed by atoms with Crippen LogP contribution in [0.4, 0.5) is 11.4 Å². The monoisotopic (exact) mass is 683 g/mol. The number of carbonyl (C=O) groups excluding carboxylic acids is 1. The van der Waals surface area contributed by atoms with Gasteiger partial charge in [0.2, 0.25) is 0 Å². The summed E-state index contributed by atoms with van der Waals surface area (Å²) in [7, 11) is 1.58. The molecular weight excluding hydrogens is 642 g/mol. The van der Waals surface area contributed by atoms with Crippen molar-refractivity contribution in [2.75, 3.05) is 44.9 Å². The Bertz CT molecular complexity index is 2140. The minimum Gasteiger partial charge on any atom is -0.494 e. The fourth-order valence-electron chi connectivity index (χ4n) is 7.25. The number of hydrogen-bond donors (Lipinski definition) is 0. The van der Waals surface area contributed by atoms with E-state index in [1.165, 1.54) is 12.8 Å². The smallest absolute Gasteiger partial charge is 0.266 e. The molecule has 1 aromatic heterocycles. The molecule has 1 atom stereocenters. The van der Waals surface area contributed by atoms with Crippen molar-refractivity contribution < 1.29 is 19.0 Å². The first-order chi connectivity index (χ1) is 25.1. The van der Waals surface area contributed by atoms with Crippen molar-refractivity contribution in [1.29, 1.82) is 0 Å². The Morgan fingerprint density at radius 2 is 1.55 bits per heavy atom. The summed E-state index contributed by atoms with van der Waals surface area (Å²) in [6.07, 6.45) is 7.67. The summed E-state index contributed by atoms with van der Waals surface area (Å²) in [5, 5.41) is 0.603. The average Bonchev–Trinajstić information content (AvgIpc) is 3.87. The number of nitrogens with zero attached hydrogens (tertiary/aromatic N) is 5. The molecule has 4 heterocycles. The topological polar surface area (TPSA) is 98.5 Å². The number of benzene rings is 4. The lowest BCUT2D eigenvalue weighted by molar-refractivity contribution is 0.0774. The number of fused-ring (bicyclic) bond motifs is 3. The van der Waals surface area contributed by atoms with E-state index in [0.29, 0.717) is 52.7 Å². The quantitative estimate of drug-likeness (QED) is 0.136. The molecule has 10 heteroatoms. The van der Waals surface area contributed by atoms with Gasteiger partial charge in [0.25, 0.3) is 11.5 Å². The van der Waals surface area contributed by atoms with Crippen molar-refractivity contribution >= 4 is 34.4 Å². The van der Waals surface area contributed by atoms with Gasteiger partial charge in [0.15, 0.2) is 11.5 Å². The van der Waals surface area contributed by atoms with Crippen molar-refractivity contribution in [3.05, 3.63) is 101 Å². The van der Waals surface area contributed by atoms with Gasteiger partial charge < -0.3 is 24.0 Å². The molecule has 260 valence electrons. The summed E-state index contributed by atoms with van der Waals surface area (Å²) < 4.78 is 19.4. The molecular formula is C41H41N5O5. The number of carbonyl (C=O) groups is 1. The minimum absolute atomic E-state index is 0.0100. The molecule has 0 unspecified atom stereocenters. The third-order valence-electron chi connectivity index (χ3n) is 9.97. The van der Waals surface area contributed by atoms with Crippen molar-refractivity contribution in [3.8, 4) is 34.3 Å². The van der Waals surface area contributed by atoms with Crippen molar-refractivity contribution in [2.45, 2.75) is 44.6 Å². The number of ether oxygens (including phenoxy) is 3. The van der Waals surface area contributed by atoms with E-state index in [9.17, 15) is 9.59 Å². The summed E-state index contributed by atoms with van der Waals surface area (Å²) in [5.41, 5.74) is 4.40. The second-order valence-corrected chi connectivity index (χ2v) is 13.2. The third kappa shape index (κ3) is 6.54. The van der Waals surface area contributed by atoms with Gasteiger partial charge in [-0.25, -0.2) is 4.98 Å². The second kappa shape index (κ2) is 14.3. The number of rotatable bonds is 11. The van der Waals surface area contributed by atoms with Crippen LogP contribution in [0.25, 0.3) is 28.0 Å². The molecule has 8 rings (SSSR count). The van der Waals surface area contributed by atoms with Crippen LogP contribution in [0.15, 0.2) is 94.7 Å². The first-order valence-corrected chi connectivity index (χ1v) is 17.9. The molecule has 3 aliphatic heterocycles. The Balaban J connectivity index is 0.929. The Labute approximate surface area is 296 Å². The van der Waals surface area contributed by atoms with Gasteiger partial charge in [-0.05, 0) is 87.1 Å². The van der Waals surface area contributed by atoms with Gasteiger partial charge in [-0.3, -0.25) is 19.1 Å². The highest BCUT2D eigenvalue weighted by molar-refractivity contribution is 6.03. The van der Waals surface area contributed by atoms with Gasteiger partial charge in [0, 0.05) is 43.2 Å². The Hall–Kier alpha value is -5.64. The molecule has 5 aromatic rings. The predicted molar refractivity (Wildman–Crippen MR) is 200 cm³/mol. The SMILES string of the molecule is COc1cc2c(cc1OCCCCOc1ccc(-n3c(-c4ccccc4)nc4ccc(N5CCCC5)cc4c3=O)cc1)N=C[C@@H]1CCCN1C2=O. The fraction of sp³-hybridized carbons (Fsp3) is 0.317. The van der Waals surface area contributed by atoms with E-state index in [1.807, 2.05) is 77.8 Å². The van der Waals surface area contributed by atoms with Crippen LogP contribution in [0.3, 0.4) is 0 Å². The van der Waals surface area contributed by atoms with Gasteiger partial charge in [-0.15, -0.1) is 0 Å². The van der Waals surface area contributed by atoms with E-state index in [2.05, 4.69) is 16.0 Å². The van der Waals surface area contributed by atoms with Gasteiger partial charge in [0.05, 0.1) is 54.2 Å². The standard InChI is InChI=1S/C41H41N5O5/c1-49-37-25-34-36(42-27-31-12-9-21-45(31)40(34)47)26-38(37)51-23-8-7-22-50-32-16-13-29(14-17-32)46-39(28-10-3-2-4-11-28)43-35-18-15-30(24-33(35)41(46)48)44-19-5-6-20-44/h2-4,10-11,13-18,24-27,31H,5-9,12,19-23H2,1H3/t31-/m0/s1. The first kappa shape index (κ1) is 32.6. The van der Waals surface area contributed by atoms with E-state index in [4.69, 9.17) is 19.2 Å². The van der Waals surface area contributed by atoms with Gasteiger partial charge in [0.1, 0.15) is 11.6 Å². The highest BCUT2D eigenvalue weighted by Crippen LogP contribution is 2.38. The molecule has 3 aliphatic rings. The Kier molecular flexibility index (Phi) is 9.13. The summed E-state index contributed by atoms with van der Waals surface area (Å²) in [5.74, 6) is 2.40. The van der Waals surface area contributed by atoms with Crippen LogP contribution in [-0.2, 0) is 0 Å². The van der Waals surface area contributed by atoms with Crippen LogP contribution in [0.5, 0.6) is 17.2 Å². The maximum absolute atomic E-state index is 14.2. The van der Waals surface area contributed by atoms with Gasteiger partial charge in [-0.1, -0.05) is 30.3 Å². The highest BCUT2D eigenvalue weighted by Gasteiger charge is 2.32. The maximum Gasteiger partial charge on any atom is 0.266 e. The van der Waals surface area contributed by atoms with Crippen LogP contribution in [0, 0.1) is 0 Å². The second-order valence-electron chi connectivity index (χ2n) is 13.2. The molecule has 2 saturated heterocycles. The van der Waals surface area contributed by atoms with E-state index in [1.54, 1.807) is 23.8 Å². The van der Waals surface area contributed by atoms with Crippen LogP contribution >= 0.6 is 0 Å². The molecule has 0 spiro atoms. The van der Waals surface area contributed by atoms with E-state index in [0.717, 1.165) is 68.0 Å². The molecule has 2 fully saturated rings. The van der Waals surface area contributed by atoms with Gasteiger partial charge in [-0.2, -0.15) is 0 Å². The van der Waals surface area contributed by atoms with Gasteiger partial charge >= 0.3 is 0 Å². The fourth-order valence-corrected chi connectivity index (χ4v) is 7.25. The molecule has 10 nitrogen and oxygen atoms in total. The predicted octanol–water partition coefficient (Wildman–Crippen LogP) is 7.22. The van der Waals surface area contributed by atoms with E-state index < -0.39 is 0 Å². The molecule has 0 bridgehead atoms. The van der Waals surface area contributed by atoms with Crippen LogP contribution in [-0.4, -0.2) is 72.6 Å². The molecule has 4 aromatic carbocycles. The first-order valence-electron chi connectivity index (χ1n) is 17.9. The normalized spacial score (nSPS) is 16.6. The third-order valence-corrected chi connectivity index (χ3v) is 9.97. The zero-order chi connectivity index (χ0) is 34.7. The number of aliphatic imine (C=N–C) groups is 1. The summed E-state index contributed by atoms with van der Waals surface area (Å²) in [6.45, 7) is 3.73. The Morgan fingerprint density at radius 3 is 2.33 bits per heavy atom. The summed E-state index contributed by atoms with van der Waals surface area (Å²) in [4.78, 5) is 41.1. The van der Waals surface area contributed by atoms with E-state index >= 15 is 0 Å². The largest absolute Gasteiger partial charge is 0.494 e. The minimum atomic E-state index is -0.0987. The highest BCUT2D eigenvalue weighted by atomic mass is 16.5. The van der Waals surface area contributed by atoms with E-state index in [-0.39, 0.29) is 17.5 Å². The number of methoxy groups -OCH3 is 1. The van der Waals surface area contributed by atoms with Crippen molar-refractivity contribution in [1.82, 2.24) is 14.5 Å². The molecule has 51 heavy (non-hydrogen) atoms. The number of anilines is 1. The summed E-state index contributed by atoms with van der Waals surface area (Å²) in [6, 6.07) is 27.1. The van der Waals surface area contributed by atoms with Crippen LogP contribution < -0.4 is 24.7 Å². The zero-order valence-electron chi connectivity index (χ0n) is 28.8. The average molecular weight is 684 g/mol. The number of hydrogen-bond acceptors (Lipinski definition) is 8. The molecule has 0 saturated carbocycles. The molecule has 0 N–H and O–H groups in total. The lowest BCUT2D eigenvalue weighted by Gasteiger charge is -2.20. The molecule has 0 radical (unpaired) electrons. The number of aromatic nitrogens is 2. The number of unbranched alkanes of at least 4 members (excludes halogenated alkanes) is 1. The molecule has 1 amide bonds. The van der Waals surface area contributed by atoms with Crippen LogP contribution in [0.1, 0.15) is 48.9 Å².